The smallest absolute Gasteiger partial charge is 0.160 e. The Labute approximate surface area is 374 Å². The summed E-state index contributed by atoms with van der Waals surface area (Å²) in [5, 5.41) is 7.95. The van der Waals surface area contributed by atoms with E-state index >= 15 is 0 Å². The number of fused-ring (bicyclic) bond motifs is 20. The van der Waals surface area contributed by atoms with Crippen LogP contribution < -0.4 is 0 Å². The van der Waals surface area contributed by atoms with Gasteiger partial charge in [-0.3, -0.25) is 0 Å². The van der Waals surface area contributed by atoms with Crippen molar-refractivity contribution >= 4 is 65.4 Å². The lowest BCUT2D eigenvalue weighted by Crippen LogP contribution is -2.25. The van der Waals surface area contributed by atoms with Crippen molar-refractivity contribution in [2.45, 2.75) is 5.41 Å². The van der Waals surface area contributed by atoms with Crippen LogP contribution in [0, 0.1) is 0 Å². The van der Waals surface area contributed by atoms with Gasteiger partial charge in [0.25, 0.3) is 0 Å². The first-order valence-electron chi connectivity index (χ1n) is 22.5. The average Bonchev–Trinajstić information content (AvgIpc) is 4.10. The van der Waals surface area contributed by atoms with Crippen molar-refractivity contribution in [3.8, 4) is 50.3 Å². The maximum atomic E-state index is 7.02. The number of aromatic nitrogens is 2. The molecule has 3 heteroatoms. The molecule has 2 aliphatic rings. The first-order valence-corrected chi connectivity index (χ1v) is 22.5. The van der Waals surface area contributed by atoms with Crippen molar-refractivity contribution in [2.75, 3.05) is 0 Å². The fraction of sp³-hybridized carbons (Fsp3) is 0.0161. The molecule has 3 aromatic heterocycles. The Morgan fingerprint density at radius 2 is 0.938 bits per heavy atom. The van der Waals surface area contributed by atoms with Crippen molar-refractivity contribution in [2.24, 2.45) is 0 Å². The molecule has 0 radical (unpaired) electrons. The lowest BCUT2D eigenvalue weighted by atomic mass is 9.70. The zero-order valence-electron chi connectivity index (χ0n) is 35.1. The standard InChI is InChI=1S/C62H36N2O/c1-2-16-37(17-3-1)60-48-36-56(61-59(46-23-9-15-29-57(46)65-61)58(48)45-22-7-13-27-53(45)63-60)64-54-28-14-8-21-44(54)47-34-38(31-33-55(47)64)39-30-32-43-42-20-6-12-26-51(42)62(52(43)35-39)49-24-10-4-18-40(49)41-19-5-11-25-50(41)62/h1-36H. The fourth-order valence-electron chi connectivity index (χ4n) is 12.0. The summed E-state index contributed by atoms with van der Waals surface area (Å²) in [6.45, 7) is 0. The Hall–Kier alpha value is -8.53. The molecule has 15 rings (SSSR count). The van der Waals surface area contributed by atoms with Crippen LogP contribution in [-0.2, 0) is 5.41 Å². The van der Waals surface area contributed by atoms with Gasteiger partial charge in [0.1, 0.15) is 5.58 Å². The van der Waals surface area contributed by atoms with E-state index in [9.17, 15) is 0 Å². The molecular weight excluding hydrogens is 789 g/mol. The normalized spacial score (nSPS) is 13.4. The number of rotatable bonds is 3. The van der Waals surface area contributed by atoms with Crippen LogP contribution in [0.1, 0.15) is 22.3 Å². The first-order chi connectivity index (χ1) is 32.3. The van der Waals surface area contributed by atoms with Crippen LogP contribution in [0.15, 0.2) is 223 Å². The van der Waals surface area contributed by atoms with Crippen molar-refractivity contribution in [3.05, 3.63) is 241 Å². The SMILES string of the molecule is c1ccc(-c2nc3ccccc3c3c2cc(-n2c4ccccc4c4cc(-c5ccc6c(c5)C5(c7ccccc7-c7ccccc75)c5ccccc5-6)ccc42)c2oc4ccccc4c23)cc1. The Bertz CT molecular complexity index is 4130. The van der Waals surface area contributed by atoms with Gasteiger partial charge in [-0.05, 0) is 98.1 Å². The van der Waals surface area contributed by atoms with Crippen molar-refractivity contribution in [3.63, 3.8) is 0 Å². The van der Waals surface area contributed by atoms with Crippen LogP contribution in [0.3, 0.4) is 0 Å². The van der Waals surface area contributed by atoms with Gasteiger partial charge in [0, 0.05) is 43.3 Å². The van der Waals surface area contributed by atoms with Crippen LogP contribution in [0.4, 0.5) is 0 Å². The molecule has 10 aromatic carbocycles. The van der Waals surface area contributed by atoms with Crippen molar-refractivity contribution in [1.29, 1.82) is 0 Å². The lowest BCUT2D eigenvalue weighted by Gasteiger charge is -2.30. The molecule has 13 aromatic rings. The second-order valence-corrected chi connectivity index (χ2v) is 17.7. The highest BCUT2D eigenvalue weighted by molar-refractivity contribution is 6.30. The molecule has 2 aliphatic carbocycles. The van der Waals surface area contributed by atoms with Gasteiger partial charge < -0.3 is 8.98 Å². The average molecular weight is 825 g/mol. The van der Waals surface area contributed by atoms with Gasteiger partial charge in [0.2, 0.25) is 0 Å². The highest BCUT2D eigenvalue weighted by Crippen LogP contribution is 2.63. The molecular formula is C62H36N2O. The molecule has 3 nitrogen and oxygen atoms in total. The molecule has 0 unspecified atom stereocenters. The van der Waals surface area contributed by atoms with Gasteiger partial charge in [-0.2, -0.15) is 0 Å². The maximum Gasteiger partial charge on any atom is 0.160 e. The molecule has 300 valence electrons. The van der Waals surface area contributed by atoms with Gasteiger partial charge in [0.05, 0.1) is 33.3 Å². The zero-order valence-corrected chi connectivity index (χ0v) is 35.1. The Kier molecular flexibility index (Phi) is 6.88. The maximum absolute atomic E-state index is 7.02. The second kappa shape index (κ2) is 12.8. The van der Waals surface area contributed by atoms with Crippen LogP contribution in [0.2, 0.25) is 0 Å². The van der Waals surface area contributed by atoms with Crippen molar-refractivity contribution < 1.29 is 4.42 Å². The molecule has 0 bridgehead atoms. The van der Waals surface area contributed by atoms with E-state index in [-0.39, 0.29) is 0 Å². The van der Waals surface area contributed by atoms with E-state index in [2.05, 4.69) is 223 Å². The molecule has 0 amide bonds. The van der Waals surface area contributed by atoms with Crippen molar-refractivity contribution in [1.82, 2.24) is 9.55 Å². The quantitative estimate of drug-likeness (QED) is 0.166. The van der Waals surface area contributed by atoms with Crippen LogP contribution in [-0.4, -0.2) is 9.55 Å². The highest BCUT2D eigenvalue weighted by Gasteiger charge is 2.51. The van der Waals surface area contributed by atoms with E-state index in [4.69, 9.17) is 9.40 Å². The molecule has 0 atom stereocenters. The number of furan rings is 1. The molecule has 0 saturated heterocycles. The van der Waals surface area contributed by atoms with E-state index in [0.717, 1.165) is 71.6 Å². The number of nitrogens with zero attached hydrogens (tertiary/aromatic N) is 2. The number of para-hydroxylation sites is 3. The summed E-state index contributed by atoms with van der Waals surface area (Å²) in [6.07, 6.45) is 0. The predicted octanol–water partition coefficient (Wildman–Crippen LogP) is 16.1. The number of hydrogen-bond donors (Lipinski definition) is 0. The Morgan fingerprint density at radius 1 is 0.369 bits per heavy atom. The second-order valence-electron chi connectivity index (χ2n) is 17.7. The highest BCUT2D eigenvalue weighted by atomic mass is 16.3. The topological polar surface area (TPSA) is 31.0 Å². The number of benzene rings is 10. The Morgan fingerprint density at radius 3 is 1.69 bits per heavy atom. The summed E-state index contributed by atoms with van der Waals surface area (Å²) >= 11 is 0. The van der Waals surface area contributed by atoms with E-state index in [1.165, 1.54) is 66.4 Å². The van der Waals surface area contributed by atoms with Crippen LogP contribution in [0.25, 0.3) is 116 Å². The zero-order chi connectivity index (χ0) is 42.4. The van der Waals surface area contributed by atoms with E-state index in [1.54, 1.807) is 0 Å². The monoisotopic (exact) mass is 824 g/mol. The van der Waals surface area contributed by atoms with Crippen LogP contribution >= 0.6 is 0 Å². The summed E-state index contributed by atoms with van der Waals surface area (Å²) in [7, 11) is 0. The van der Waals surface area contributed by atoms with Gasteiger partial charge in [-0.1, -0.05) is 176 Å². The van der Waals surface area contributed by atoms with Gasteiger partial charge in [0.15, 0.2) is 5.58 Å². The van der Waals surface area contributed by atoms with E-state index in [1.807, 2.05) is 0 Å². The molecule has 3 heterocycles. The summed E-state index contributed by atoms with van der Waals surface area (Å²) in [5.41, 5.74) is 20.6. The largest absolute Gasteiger partial charge is 0.454 e. The van der Waals surface area contributed by atoms with Gasteiger partial charge in [-0.25, -0.2) is 4.98 Å². The fourth-order valence-corrected chi connectivity index (χ4v) is 12.0. The number of hydrogen-bond acceptors (Lipinski definition) is 2. The van der Waals surface area contributed by atoms with E-state index < -0.39 is 5.41 Å². The minimum atomic E-state index is -0.401. The summed E-state index contributed by atoms with van der Waals surface area (Å²) in [6, 6.07) is 80.0. The van der Waals surface area contributed by atoms with Gasteiger partial charge in [-0.15, -0.1) is 0 Å². The summed E-state index contributed by atoms with van der Waals surface area (Å²) in [5.74, 6) is 0. The molecule has 0 saturated carbocycles. The Balaban J connectivity index is 0.999. The van der Waals surface area contributed by atoms with E-state index in [0.29, 0.717) is 0 Å². The molecule has 0 fully saturated rings. The number of pyridine rings is 1. The molecule has 1 spiro atoms. The van der Waals surface area contributed by atoms with Gasteiger partial charge >= 0.3 is 0 Å². The summed E-state index contributed by atoms with van der Waals surface area (Å²) in [4.78, 5) is 5.39. The third kappa shape index (κ3) is 4.51. The first kappa shape index (κ1) is 35.0. The lowest BCUT2D eigenvalue weighted by molar-refractivity contribution is 0.666. The minimum absolute atomic E-state index is 0.401. The molecule has 0 aliphatic heterocycles. The third-order valence-electron chi connectivity index (χ3n) is 14.6. The summed E-state index contributed by atoms with van der Waals surface area (Å²) < 4.78 is 9.44. The molecule has 65 heavy (non-hydrogen) atoms. The minimum Gasteiger partial charge on any atom is -0.454 e. The predicted molar refractivity (Wildman–Crippen MR) is 268 cm³/mol. The third-order valence-corrected chi connectivity index (χ3v) is 14.6. The van der Waals surface area contributed by atoms with Crippen LogP contribution in [0.5, 0.6) is 0 Å². The molecule has 0 N–H and O–H groups in total.